The summed E-state index contributed by atoms with van der Waals surface area (Å²) in [6.45, 7) is 3.16. The summed E-state index contributed by atoms with van der Waals surface area (Å²) in [5.74, 6) is 0.925. The first-order chi connectivity index (χ1) is 11.5. The number of nitrogens with zero attached hydrogens (tertiary/aromatic N) is 1. The van der Waals surface area contributed by atoms with Crippen LogP contribution in [0.5, 0.6) is 5.75 Å². The van der Waals surface area contributed by atoms with Gasteiger partial charge in [0.05, 0.1) is 17.2 Å². The molecule has 0 aliphatic carbocycles. The summed E-state index contributed by atoms with van der Waals surface area (Å²) in [4.78, 5) is 14.3. The van der Waals surface area contributed by atoms with E-state index in [0.717, 1.165) is 16.9 Å². The van der Waals surface area contributed by atoms with Gasteiger partial charge in [-0.25, -0.2) is 0 Å². The maximum Gasteiger partial charge on any atom is 0.223 e. The van der Waals surface area contributed by atoms with Crippen molar-refractivity contribution in [2.45, 2.75) is 26.3 Å². The molecule has 0 spiro atoms. The summed E-state index contributed by atoms with van der Waals surface area (Å²) in [6, 6.07) is 13.3. The van der Waals surface area contributed by atoms with E-state index in [1.807, 2.05) is 48.2 Å². The van der Waals surface area contributed by atoms with E-state index in [1.54, 1.807) is 13.2 Å². The molecule has 24 heavy (non-hydrogen) atoms. The van der Waals surface area contributed by atoms with Crippen LogP contribution in [-0.2, 0) is 17.8 Å². The van der Waals surface area contributed by atoms with Crippen LogP contribution >= 0.6 is 23.2 Å². The van der Waals surface area contributed by atoms with Crippen molar-refractivity contribution in [1.82, 2.24) is 4.90 Å². The van der Waals surface area contributed by atoms with Crippen LogP contribution in [0.15, 0.2) is 42.5 Å². The highest BCUT2D eigenvalue weighted by atomic mass is 35.5. The molecule has 2 rings (SSSR count). The van der Waals surface area contributed by atoms with Gasteiger partial charge in [-0.15, -0.1) is 0 Å². The molecule has 0 atom stereocenters. The Morgan fingerprint density at radius 1 is 1.08 bits per heavy atom. The minimum atomic E-state index is 0.117. The highest BCUT2D eigenvalue weighted by molar-refractivity contribution is 6.42. The molecule has 0 fully saturated rings. The Balaban J connectivity index is 1.96. The van der Waals surface area contributed by atoms with Gasteiger partial charge < -0.3 is 9.64 Å². The average Bonchev–Trinajstić information content (AvgIpc) is 2.60. The number of hydrogen-bond donors (Lipinski definition) is 0. The molecular weight excluding hydrogens is 345 g/mol. The number of ether oxygens (including phenoxy) is 1. The third kappa shape index (κ3) is 5.15. The van der Waals surface area contributed by atoms with Crippen molar-refractivity contribution in [3.8, 4) is 5.75 Å². The molecule has 0 N–H and O–H groups in total. The van der Waals surface area contributed by atoms with Gasteiger partial charge in [0, 0.05) is 19.5 Å². The summed E-state index contributed by atoms with van der Waals surface area (Å²) in [5.41, 5.74) is 2.06. The highest BCUT2D eigenvalue weighted by Crippen LogP contribution is 2.23. The SMILES string of the molecule is CCN(Cc1ccc(Cl)c(Cl)c1)C(=O)CCc1cccc(OC)c1. The minimum absolute atomic E-state index is 0.117. The second-order valence-corrected chi connectivity index (χ2v) is 6.32. The van der Waals surface area contributed by atoms with Gasteiger partial charge in [0.1, 0.15) is 5.75 Å². The highest BCUT2D eigenvalue weighted by Gasteiger charge is 2.13. The number of methoxy groups -OCH3 is 1. The molecule has 0 aromatic heterocycles. The van der Waals surface area contributed by atoms with Gasteiger partial charge >= 0.3 is 0 Å². The lowest BCUT2D eigenvalue weighted by atomic mass is 10.1. The van der Waals surface area contributed by atoms with Gasteiger partial charge in [-0.1, -0.05) is 41.4 Å². The molecule has 0 aliphatic rings. The molecule has 3 nitrogen and oxygen atoms in total. The van der Waals surface area contributed by atoms with Crippen molar-refractivity contribution in [1.29, 1.82) is 0 Å². The molecule has 0 bridgehead atoms. The fraction of sp³-hybridized carbons (Fsp3) is 0.316. The summed E-state index contributed by atoms with van der Waals surface area (Å²) < 4.78 is 5.21. The molecule has 0 aliphatic heterocycles. The topological polar surface area (TPSA) is 29.5 Å². The standard InChI is InChI=1S/C19H21Cl2NO2/c1-3-22(13-15-7-9-17(20)18(21)12-15)19(23)10-8-14-5-4-6-16(11-14)24-2/h4-7,9,11-12H,3,8,10,13H2,1-2H3. The van der Waals surface area contributed by atoms with Crippen molar-refractivity contribution < 1.29 is 9.53 Å². The minimum Gasteiger partial charge on any atom is -0.497 e. The second-order valence-electron chi connectivity index (χ2n) is 5.51. The predicted molar refractivity (Wildman–Crippen MR) is 98.9 cm³/mol. The maximum absolute atomic E-state index is 12.5. The van der Waals surface area contributed by atoms with Crippen LogP contribution in [-0.4, -0.2) is 24.5 Å². The van der Waals surface area contributed by atoms with E-state index in [1.165, 1.54) is 0 Å². The van der Waals surface area contributed by atoms with Gasteiger partial charge in [-0.05, 0) is 48.7 Å². The summed E-state index contributed by atoms with van der Waals surface area (Å²) >= 11 is 12.0. The summed E-state index contributed by atoms with van der Waals surface area (Å²) in [5, 5.41) is 1.03. The molecular formula is C19H21Cl2NO2. The van der Waals surface area contributed by atoms with Crippen LogP contribution < -0.4 is 4.74 Å². The van der Waals surface area contributed by atoms with E-state index in [0.29, 0.717) is 36.0 Å². The third-order valence-electron chi connectivity index (χ3n) is 3.85. The number of amides is 1. The lowest BCUT2D eigenvalue weighted by molar-refractivity contribution is -0.131. The van der Waals surface area contributed by atoms with E-state index < -0.39 is 0 Å². The molecule has 0 unspecified atom stereocenters. The van der Waals surface area contributed by atoms with Crippen molar-refractivity contribution in [3.05, 3.63) is 63.6 Å². The molecule has 2 aromatic carbocycles. The number of carbonyl (C=O) groups is 1. The zero-order valence-electron chi connectivity index (χ0n) is 13.9. The lowest BCUT2D eigenvalue weighted by Crippen LogP contribution is -2.30. The Kier molecular flexibility index (Phi) is 6.95. The van der Waals surface area contributed by atoms with E-state index in [4.69, 9.17) is 27.9 Å². The monoisotopic (exact) mass is 365 g/mol. The van der Waals surface area contributed by atoms with Crippen molar-refractivity contribution >= 4 is 29.1 Å². The molecule has 0 saturated heterocycles. The number of hydrogen-bond acceptors (Lipinski definition) is 2. The van der Waals surface area contributed by atoms with Crippen molar-refractivity contribution in [2.24, 2.45) is 0 Å². The van der Waals surface area contributed by atoms with Crippen LogP contribution in [0.25, 0.3) is 0 Å². The van der Waals surface area contributed by atoms with Crippen LogP contribution in [0.1, 0.15) is 24.5 Å². The van der Waals surface area contributed by atoms with Crippen LogP contribution in [0.3, 0.4) is 0 Å². The molecule has 5 heteroatoms. The van der Waals surface area contributed by atoms with Gasteiger partial charge in [-0.3, -0.25) is 4.79 Å². The predicted octanol–water partition coefficient (Wildman–Crippen LogP) is 4.98. The van der Waals surface area contributed by atoms with Crippen LogP contribution in [0.2, 0.25) is 10.0 Å². The van der Waals surface area contributed by atoms with Crippen LogP contribution in [0.4, 0.5) is 0 Å². The molecule has 0 heterocycles. The molecule has 2 aromatic rings. The Morgan fingerprint density at radius 2 is 1.88 bits per heavy atom. The first-order valence-corrected chi connectivity index (χ1v) is 8.63. The quantitative estimate of drug-likeness (QED) is 0.691. The molecule has 128 valence electrons. The molecule has 1 amide bonds. The zero-order chi connectivity index (χ0) is 17.5. The zero-order valence-corrected chi connectivity index (χ0v) is 15.4. The largest absolute Gasteiger partial charge is 0.497 e. The van der Waals surface area contributed by atoms with Gasteiger partial charge in [0.15, 0.2) is 0 Å². The normalized spacial score (nSPS) is 10.5. The Hall–Kier alpha value is -1.71. The van der Waals surface area contributed by atoms with Crippen molar-refractivity contribution in [2.75, 3.05) is 13.7 Å². The lowest BCUT2D eigenvalue weighted by Gasteiger charge is -2.21. The summed E-state index contributed by atoms with van der Waals surface area (Å²) in [6.07, 6.45) is 1.15. The number of benzene rings is 2. The number of rotatable bonds is 7. The van der Waals surface area contributed by atoms with E-state index in [9.17, 15) is 4.79 Å². The van der Waals surface area contributed by atoms with Gasteiger partial charge in [0.2, 0.25) is 5.91 Å². The summed E-state index contributed by atoms with van der Waals surface area (Å²) in [7, 11) is 1.64. The number of halogens is 2. The maximum atomic E-state index is 12.5. The molecule has 0 radical (unpaired) electrons. The van der Waals surface area contributed by atoms with Gasteiger partial charge in [0.25, 0.3) is 0 Å². The smallest absolute Gasteiger partial charge is 0.223 e. The van der Waals surface area contributed by atoms with Gasteiger partial charge in [-0.2, -0.15) is 0 Å². The van der Waals surface area contributed by atoms with E-state index >= 15 is 0 Å². The van der Waals surface area contributed by atoms with Crippen LogP contribution in [0, 0.1) is 0 Å². The van der Waals surface area contributed by atoms with E-state index in [-0.39, 0.29) is 5.91 Å². The Labute approximate surface area is 153 Å². The number of carbonyl (C=O) groups excluding carboxylic acids is 1. The molecule has 0 saturated carbocycles. The fourth-order valence-electron chi connectivity index (χ4n) is 2.47. The second kappa shape index (κ2) is 8.95. The first-order valence-electron chi connectivity index (χ1n) is 7.88. The first kappa shape index (κ1) is 18.6. The average molecular weight is 366 g/mol. The van der Waals surface area contributed by atoms with E-state index in [2.05, 4.69) is 0 Å². The Bertz CT molecular complexity index is 704. The fourth-order valence-corrected chi connectivity index (χ4v) is 2.79. The Morgan fingerprint density at radius 3 is 2.54 bits per heavy atom. The van der Waals surface area contributed by atoms with Crippen molar-refractivity contribution in [3.63, 3.8) is 0 Å². The third-order valence-corrected chi connectivity index (χ3v) is 4.59. The number of aryl methyl sites for hydroxylation is 1.